The van der Waals surface area contributed by atoms with E-state index in [9.17, 15) is 18.0 Å². The van der Waals surface area contributed by atoms with Crippen LogP contribution < -0.4 is 4.72 Å². The van der Waals surface area contributed by atoms with Crippen LogP contribution in [0.1, 0.15) is 105 Å². The summed E-state index contributed by atoms with van der Waals surface area (Å²) in [5.74, 6) is 3.63. The van der Waals surface area contributed by atoms with Gasteiger partial charge < -0.3 is 0 Å². The van der Waals surface area contributed by atoms with Crippen molar-refractivity contribution in [3.05, 3.63) is 65.7 Å². The van der Waals surface area contributed by atoms with Crippen molar-refractivity contribution in [1.29, 1.82) is 0 Å². The quantitative estimate of drug-likeness (QED) is 0.142. The predicted molar refractivity (Wildman–Crippen MR) is 207 cm³/mol. The average molecular weight is 831 g/mol. The van der Waals surface area contributed by atoms with Crippen molar-refractivity contribution in [2.24, 2.45) is 0 Å². The fraction of sp³-hybridized carbons (Fsp3) is 0.600. The van der Waals surface area contributed by atoms with Crippen molar-refractivity contribution in [2.45, 2.75) is 149 Å². The van der Waals surface area contributed by atoms with E-state index in [0.29, 0.717) is 0 Å². The summed E-state index contributed by atoms with van der Waals surface area (Å²) in [6, 6.07) is 13.4. The number of hydrogen-bond donors (Lipinski definition) is 1. The summed E-state index contributed by atoms with van der Waals surface area (Å²) >= 11 is -3.15. The summed E-state index contributed by atoms with van der Waals surface area (Å²) in [6.07, 6.45) is 5.99. The van der Waals surface area contributed by atoms with E-state index in [1.165, 1.54) is 17.0 Å². The molecule has 9 nitrogen and oxygen atoms in total. The number of aryl methyl sites for hydroxylation is 1. The molecule has 0 spiro atoms. The minimum atomic E-state index is -4.24. The van der Waals surface area contributed by atoms with E-state index in [-0.39, 0.29) is 18.0 Å². The van der Waals surface area contributed by atoms with Crippen LogP contribution in [0.15, 0.2) is 59.5 Å². The van der Waals surface area contributed by atoms with E-state index < -0.39 is 63.9 Å². The van der Waals surface area contributed by atoms with E-state index in [2.05, 4.69) is 35.4 Å². The van der Waals surface area contributed by atoms with Gasteiger partial charge in [-0.3, -0.25) is 0 Å². The first-order valence-corrected chi connectivity index (χ1v) is 27.6. The fourth-order valence-electron chi connectivity index (χ4n) is 6.47. The molecule has 2 atom stereocenters. The molecule has 282 valence electrons. The van der Waals surface area contributed by atoms with Gasteiger partial charge in [0.05, 0.1) is 0 Å². The normalized spacial score (nSPS) is 16.6. The van der Waals surface area contributed by atoms with Crippen LogP contribution in [0.2, 0.25) is 13.3 Å². The summed E-state index contributed by atoms with van der Waals surface area (Å²) in [6.45, 7) is 17.7. The van der Waals surface area contributed by atoms with Crippen LogP contribution in [0.5, 0.6) is 0 Å². The number of rotatable bonds is 15. The molecular weight excluding hydrogens is 769 g/mol. The molecule has 0 unspecified atom stereocenters. The van der Waals surface area contributed by atoms with Crippen molar-refractivity contribution in [3.63, 3.8) is 0 Å². The van der Waals surface area contributed by atoms with Gasteiger partial charge >= 0.3 is 314 Å². The van der Waals surface area contributed by atoms with Gasteiger partial charge in [0.25, 0.3) is 0 Å². The molecule has 2 aromatic rings. The number of benzene rings is 2. The molecule has 0 saturated carbocycles. The molecule has 51 heavy (non-hydrogen) atoms. The van der Waals surface area contributed by atoms with Crippen LogP contribution in [0.25, 0.3) is 0 Å². The second kappa shape index (κ2) is 18.8. The van der Waals surface area contributed by atoms with Gasteiger partial charge in [-0.15, -0.1) is 0 Å². The summed E-state index contributed by atoms with van der Waals surface area (Å²) in [4.78, 5) is 31.5. The van der Waals surface area contributed by atoms with Gasteiger partial charge in [-0.1, -0.05) is 0 Å². The summed E-state index contributed by atoms with van der Waals surface area (Å²) in [5, 5.41) is 0. The second-order valence-electron chi connectivity index (χ2n) is 15.3. The molecule has 1 saturated heterocycles. The van der Waals surface area contributed by atoms with Crippen LogP contribution in [0.3, 0.4) is 0 Å². The van der Waals surface area contributed by atoms with Crippen LogP contribution in [-0.2, 0) is 26.0 Å². The molecular formula is C40H61N3O6SSn. The number of carbonyl (C=O) groups is 2. The van der Waals surface area contributed by atoms with E-state index in [1.807, 2.05) is 58.0 Å². The van der Waals surface area contributed by atoms with Crippen molar-refractivity contribution in [1.82, 2.24) is 14.5 Å². The number of carbonyl (C=O) groups excluding carboxylic acids is 2. The second-order valence-corrected chi connectivity index (χ2v) is 29.3. The third-order valence-corrected chi connectivity index (χ3v) is 23.8. The van der Waals surface area contributed by atoms with Crippen molar-refractivity contribution in [3.8, 4) is 9.86 Å². The number of hydrogen-bond acceptors (Lipinski definition) is 6. The van der Waals surface area contributed by atoms with Crippen LogP contribution in [0.4, 0.5) is 9.59 Å². The molecule has 3 rings (SSSR count). The summed E-state index contributed by atoms with van der Waals surface area (Å²) < 4.78 is 49.2. The molecule has 1 aliphatic rings. The summed E-state index contributed by atoms with van der Waals surface area (Å²) in [7, 11) is -4.24. The van der Waals surface area contributed by atoms with Crippen molar-refractivity contribution in [2.75, 3.05) is 6.61 Å². The Hall–Kier alpha value is -2.75. The maximum absolute atomic E-state index is 14.5. The molecule has 0 bridgehead atoms. The Labute approximate surface area is 312 Å². The third-order valence-electron chi connectivity index (χ3n) is 9.33. The number of unbranched alkanes of at least 4 members (excludes halogenated alkanes) is 3. The molecule has 0 aliphatic carbocycles. The number of amides is 3. The van der Waals surface area contributed by atoms with E-state index in [1.54, 1.807) is 30.9 Å². The zero-order chi connectivity index (χ0) is 37.9. The average Bonchev–Trinajstić information content (AvgIpc) is 3.38. The Balaban J connectivity index is 2.27. The van der Waals surface area contributed by atoms with Gasteiger partial charge in [0, 0.05) is 0 Å². The molecule has 11 heteroatoms. The Morgan fingerprint density at radius 2 is 1.53 bits per heavy atom. The van der Waals surface area contributed by atoms with Crippen LogP contribution in [0, 0.1) is 16.8 Å². The van der Waals surface area contributed by atoms with Crippen LogP contribution in [-0.4, -0.2) is 78.7 Å². The van der Waals surface area contributed by atoms with Gasteiger partial charge in [0.1, 0.15) is 0 Å². The molecule has 1 aliphatic heterocycles. The molecule has 2 aromatic carbocycles. The van der Waals surface area contributed by atoms with Gasteiger partial charge in [0.2, 0.25) is 0 Å². The Morgan fingerprint density at radius 3 is 2.04 bits per heavy atom. The Bertz CT molecular complexity index is 1570. The number of nitrogens with one attached hydrogen (secondary N) is 1. The van der Waals surface area contributed by atoms with Gasteiger partial charge in [-0.2, -0.15) is 0 Å². The first-order chi connectivity index (χ1) is 24.0. The number of urea groups is 1. The number of nitrogens with zero attached hydrogens (tertiary/aromatic N) is 2. The monoisotopic (exact) mass is 831 g/mol. The van der Waals surface area contributed by atoms with E-state index in [4.69, 9.17) is 9.47 Å². The molecule has 1 heterocycles. The topological polar surface area (TPSA) is 105 Å². The Kier molecular flexibility index (Phi) is 15.8. The van der Waals surface area contributed by atoms with Gasteiger partial charge in [-0.05, 0) is 0 Å². The number of ether oxygens (including phenoxy) is 2. The predicted octanol–water partition coefficient (Wildman–Crippen LogP) is 9.03. The number of sulfonamides is 1. The molecule has 3 amide bonds. The van der Waals surface area contributed by atoms with Crippen LogP contribution >= 0.6 is 0 Å². The SMILES string of the molecule is CCC[CH2][Sn]([C]#C[C@@H]([C@@H]1COC(C)(C)N1C(=O)OC(C)(C)C)N(Cc1ccccc1)C(=O)NS(=O)(=O)c1ccc(C)cc1)([CH2]CCC)[CH2]CCC. The van der Waals surface area contributed by atoms with Crippen molar-refractivity contribution >= 4 is 40.5 Å². The molecule has 1 fully saturated rings. The first-order valence-electron chi connectivity index (χ1n) is 18.6. The van der Waals surface area contributed by atoms with Gasteiger partial charge in [0.15, 0.2) is 0 Å². The summed E-state index contributed by atoms with van der Waals surface area (Å²) in [5.41, 5.74) is -0.150. The zero-order valence-corrected chi connectivity index (χ0v) is 36.1. The third kappa shape index (κ3) is 12.4. The van der Waals surface area contributed by atoms with Gasteiger partial charge in [-0.25, -0.2) is 0 Å². The molecule has 0 radical (unpaired) electrons. The standard InChI is InChI=1S/C28H34N3O6S.3C4H9.Sn/c1-8-23(24-19-36-28(6,7)31(24)26(33)37-27(3,4)5)30(18-21-12-10-9-11-13-21)25(32)29-38(34,35)22-16-14-20(2)15-17-22;3*1-3-4-2;/h9-17,23-24H,18-19H2,2-7H3,(H,29,32);3*1,3-4H2,2H3;/t23-,24-;;;;/m0..../s1. The van der Waals surface area contributed by atoms with E-state index in [0.717, 1.165) is 63.0 Å². The first kappa shape index (κ1) is 42.7. The molecule has 1 N–H and O–H groups in total. The minimum absolute atomic E-state index is 0.0154. The molecule has 0 aromatic heterocycles. The van der Waals surface area contributed by atoms with Crippen molar-refractivity contribution < 1.29 is 27.5 Å². The Morgan fingerprint density at radius 1 is 0.980 bits per heavy atom. The van der Waals surface area contributed by atoms with E-state index >= 15 is 0 Å². The fourth-order valence-corrected chi connectivity index (χ4v) is 20.8. The zero-order valence-electron chi connectivity index (χ0n) is 32.4. The maximum atomic E-state index is 14.5.